The molecular formula is C16H19N3O3S. The highest BCUT2D eigenvalue weighted by Crippen LogP contribution is 2.40. The molecule has 23 heavy (non-hydrogen) atoms. The molecule has 3 atom stereocenters. The molecule has 2 aliphatic rings. The van der Waals surface area contributed by atoms with Crippen molar-refractivity contribution in [1.29, 1.82) is 0 Å². The van der Waals surface area contributed by atoms with Crippen molar-refractivity contribution >= 4 is 17.2 Å². The van der Waals surface area contributed by atoms with Gasteiger partial charge < -0.3 is 14.2 Å². The Hall–Kier alpha value is -1.73. The van der Waals surface area contributed by atoms with E-state index >= 15 is 0 Å². The van der Waals surface area contributed by atoms with Gasteiger partial charge in [0.1, 0.15) is 6.10 Å². The molecule has 1 amide bonds. The second-order valence-corrected chi connectivity index (χ2v) is 7.65. The molecule has 0 aromatic carbocycles. The van der Waals surface area contributed by atoms with Crippen molar-refractivity contribution in [2.45, 2.75) is 39.4 Å². The number of likely N-dealkylation sites (tertiary alicyclic amines) is 1. The maximum atomic E-state index is 12.6. The summed E-state index contributed by atoms with van der Waals surface area (Å²) in [5, 5.41) is 3.95. The van der Waals surface area contributed by atoms with E-state index in [4.69, 9.17) is 9.26 Å². The fourth-order valence-electron chi connectivity index (χ4n) is 3.38. The average Bonchev–Trinajstić information content (AvgIpc) is 3.22. The number of nitrogens with zero attached hydrogens (tertiary/aromatic N) is 3. The van der Waals surface area contributed by atoms with Crippen LogP contribution in [0.1, 0.15) is 44.4 Å². The molecule has 2 saturated heterocycles. The average molecular weight is 333 g/mol. The number of aryl methyl sites for hydroxylation is 3. The Balaban J connectivity index is 1.43. The van der Waals surface area contributed by atoms with Crippen molar-refractivity contribution in [2.24, 2.45) is 5.92 Å². The zero-order valence-electron chi connectivity index (χ0n) is 13.4. The summed E-state index contributed by atoms with van der Waals surface area (Å²) in [4.78, 5) is 20.8. The number of carbonyl (C=O) groups is 1. The zero-order valence-corrected chi connectivity index (χ0v) is 14.2. The highest BCUT2D eigenvalue weighted by molar-refractivity contribution is 7.14. The van der Waals surface area contributed by atoms with E-state index in [9.17, 15) is 4.79 Å². The number of hydrogen-bond acceptors (Lipinski definition) is 6. The third-order valence-corrected chi connectivity index (χ3v) is 5.87. The van der Waals surface area contributed by atoms with Crippen LogP contribution in [0.4, 0.5) is 0 Å². The number of fused-ring (bicyclic) bond motifs is 1. The van der Waals surface area contributed by atoms with Gasteiger partial charge in [0, 0.05) is 30.8 Å². The van der Waals surface area contributed by atoms with Crippen molar-refractivity contribution in [3.63, 3.8) is 0 Å². The minimum atomic E-state index is -0.106. The summed E-state index contributed by atoms with van der Waals surface area (Å²) in [5.74, 6) is 1.65. The van der Waals surface area contributed by atoms with E-state index in [2.05, 4.69) is 17.1 Å². The molecule has 2 aliphatic heterocycles. The van der Waals surface area contributed by atoms with Crippen molar-refractivity contribution in [3.8, 4) is 0 Å². The van der Waals surface area contributed by atoms with E-state index in [1.165, 1.54) is 10.4 Å². The fraction of sp³-hybridized carbons (Fsp3) is 0.562. The summed E-state index contributed by atoms with van der Waals surface area (Å²) >= 11 is 1.57. The van der Waals surface area contributed by atoms with Gasteiger partial charge >= 0.3 is 0 Å². The molecular weight excluding hydrogens is 314 g/mol. The van der Waals surface area contributed by atoms with Crippen molar-refractivity contribution in [2.75, 3.05) is 13.1 Å². The van der Waals surface area contributed by atoms with Crippen LogP contribution in [0.15, 0.2) is 10.6 Å². The Kier molecular flexibility index (Phi) is 3.50. The summed E-state index contributed by atoms with van der Waals surface area (Å²) in [7, 11) is 0. The van der Waals surface area contributed by atoms with Gasteiger partial charge in [-0.3, -0.25) is 4.79 Å². The molecule has 0 aliphatic carbocycles. The second-order valence-electron chi connectivity index (χ2n) is 6.39. The van der Waals surface area contributed by atoms with Crippen LogP contribution in [0.5, 0.6) is 0 Å². The Morgan fingerprint density at radius 1 is 1.35 bits per heavy atom. The van der Waals surface area contributed by atoms with Crippen LogP contribution in [0.2, 0.25) is 0 Å². The standard InChI is InChI=1S/C16H19N3O3S/c1-8-4-14(23-9(8)2)16(20)19-6-11-5-12(21-13(11)7-19)15-17-10(3)22-18-15/h4,11-13H,5-7H2,1-3H3/t11-,12-,13+/m0/s1. The molecule has 2 aromatic heterocycles. The number of carbonyl (C=O) groups excluding carboxylic acids is 1. The van der Waals surface area contributed by atoms with Gasteiger partial charge in [0.2, 0.25) is 11.7 Å². The first-order valence-electron chi connectivity index (χ1n) is 7.83. The fourth-order valence-corrected chi connectivity index (χ4v) is 4.38. The number of amides is 1. The molecule has 0 saturated carbocycles. The van der Waals surface area contributed by atoms with Crippen LogP contribution in [0.25, 0.3) is 0 Å². The first-order chi connectivity index (χ1) is 11.0. The predicted molar refractivity (Wildman–Crippen MR) is 84.5 cm³/mol. The Morgan fingerprint density at radius 3 is 2.78 bits per heavy atom. The maximum absolute atomic E-state index is 12.6. The quantitative estimate of drug-likeness (QED) is 0.845. The summed E-state index contributed by atoms with van der Waals surface area (Å²) in [6.07, 6.45) is 0.812. The van der Waals surface area contributed by atoms with Gasteiger partial charge in [-0.2, -0.15) is 4.98 Å². The van der Waals surface area contributed by atoms with E-state index in [1.807, 2.05) is 17.9 Å². The topological polar surface area (TPSA) is 68.5 Å². The molecule has 2 fully saturated rings. The van der Waals surface area contributed by atoms with Gasteiger partial charge in [0.25, 0.3) is 5.91 Å². The molecule has 0 N–H and O–H groups in total. The van der Waals surface area contributed by atoms with Crippen LogP contribution in [0.3, 0.4) is 0 Å². The largest absolute Gasteiger partial charge is 0.365 e. The van der Waals surface area contributed by atoms with Crippen molar-refractivity contribution in [1.82, 2.24) is 15.0 Å². The molecule has 0 unspecified atom stereocenters. The third kappa shape index (κ3) is 2.57. The molecule has 4 heterocycles. The van der Waals surface area contributed by atoms with Gasteiger partial charge in [-0.15, -0.1) is 11.3 Å². The van der Waals surface area contributed by atoms with Gasteiger partial charge in [-0.25, -0.2) is 0 Å². The summed E-state index contributed by atoms with van der Waals surface area (Å²) in [5.41, 5.74) is 1.18. The van der Waals surface area contributed by atoms with Gasteiger partial charge in [0.15, 0.2) is 0 Å². The molecule has 2 aromatic rings. The normalized spacial score (nSPS) is 26.7. The first-order valence-corrected chi connectivity index (χ1v) is 8.65. The van der Waals surface area contributed by atoms with E-state index in [0.717, 1.165) is 17.8 Å². The smallest absolute Gasteiger partial charge is 0.264 e. The van der Waals surface area contributed by atoms with Crippen LogP contribution in [-0.2, 0) is 4.74 Å². The lowest BCUT2D eigenvalue weighted by molar-refractivity contribution is 0.0305. The zero-order chi connectivity index (χ0) is 16.1. The molecule has 7 heteroatoms. The molecule has 0 bridgehead atoms. The lowest BCUT2D eigenvalue weighted by Gasteiger charge is -2.17. The van der Waals surface area contributed by atoms with E-state index in [-0.39, 0.29) is 18.1 Å². The third-order valence-electron chi connectivity index (χ3n) is 4.73. The number of hydrogen-bond donors (Lipinski definition) is 0. The van der Waals surface area contributed by atoms with Gasteiger partial charge in [-0.1, -0.05) is 5.16 Å². The van der Waals surface area contributed by atoms with Gasteiger partial charge in [0.05, 0.1) is 11.0 Å². The van der Waals surface area contributed by atoms with Gasteiger partial charge in [-0.05, 0) is 31.9 Å². The summed E-state index contributed by atoms with van der Waals surface area (Å²) in [6, 6.07) is 1.99. The number of rotatable bonds is 2. The summed E-state index contributed by atoms with van der Waals surface area (Å²) < 4.78 is 11.1. The molecule has 6 nitrogen and oxygen atoms in total. The molecule has 0 spiro atoms. The minimum Gasteiger partial charge on any atom is -0.365 e. The molecule has 122 valence electrons. The second kappa shape index (κ2) is 5.42. The Morgan fingerprint density at radius 2 is 2.17 bits per heavy atom. The van der Waals surface area contributed by atoms with E-state index in [0.29, 0.717) is 24.2 Å². The minimum absolute atomic E-state index is 0.0740. The van der Waals surface area contributed by atoms with Crippen molar-refractivity contribution in [3.05, 3.63) is 33.1 Å². The van der Waals surface area contributed by atoms with Crippen molar-refractivity contribution < 1.29 is 14.1 Å². The Bertz CT molecular complexity index is 720. The highest BCUT2D eigenvalue weighted by atomic mass is 32.1. The summed E-state index contributed by atoms with van der Waals surface area (Å²) in [6.45, 7) is 7.26. The van der Waals surface area contributed by atoms with Crippen LogP contribution in [0, 0.1) is 26.7 Å². The maximum Gasteiger partial charge on any atom is 0.264 e. The van der Waals surface area contributed by atoms with E-state index < -0.39 is 0 Å². The lowest BCUT2D eigenvalue weighted by Crippen LogP contribution is -2.30. The van der Waals surface area contributed by atoms with E-state index in [1.54, 1.807) is 18.3 Å². The van der Waals surface area contributed by atoms with Crippen LogP contribution in [-0.4, -0.2) is 40.1 Å². The number of ether oxygens (including phenoxy) is 1. The monoisotopic (exact) mass is 333 g/mol. The van der Waals surface area contributed by atoms with Crippen LogP contribution < -0.4 is 0 Å². The Labute approximate surface area is 138 Å². The number of aromatic nitrogens is 2. The molecule has 0 radical (unpaired) electrons. The lowest BCUT2D eigenvalue weighted by atomic mass is 10.0. The predicted octanol–water partition coefficient (Wildman–Crippen LogP) is 2.66. The number of thiophene rings is 1. The first kappa shape index (κ1) is 14.8. The highest BCUT2D eigenvalue weighted by Gasteiger charge is 2.45. The van der Waals surface area contributed by atoms with Crippen LogP contribution >= 0.6 is 11.3 Å². The SMILES string of the molecule is Cc1nc([C@@H]2C[C@H]3CN(C(=O)c4cc(C)c(C)s4)C[C@H]3O2)no1. The molecule has 4 rings (SSSR count).